The van der Waals surface area contributed by atoms with E-state index in [4.69, 9.17) is 0 Å². The number of nitrogens with one attached hydrogen (secondary N) is 1. The number of nitrogens with zero attached hydrogens (tertiary/aromatic N) is 3. The van der Waals surface area contributed by atoms with E-state index in [0.717, 1.165) is 12.0 Å². The Kier molecular flexibility index (Phi) is 4.68. The highest BCUT2D eigenvalue weighted by Gasteiger charge is 2.16. The van der Waals surface area contributed by atoms with Gasteiger partial charge in [0.2, 0.25) is 0 Å². The normalized spacial score (nSPS) is 12.4. The first kappa shape index (κ1) is 15.6. The van der Waals surface area contributed by atoms with Crippen LogP contribution in [0, 0.1) is 12.8 Å². The highest BCUT2D eigenvalue weighted by molar-refractivity contribution is 7.07. The van der Waals surface area contributed by atoms with Gasteiger partial charge in [-0.3, -0.25) is 4.79 Å². The standard InChI is InChI=1S/C16H18N4O2S/c1-11-5-17-15-14(7-19-20(15)8-11)16(22)18-6-13(9-21)4-12-2-3-23-10-12/h2-3,5,7-8,10,13,21H,4,6,9H2,1H3,(H,18,22)/t13-/m1/s1. The molecule has 3 heterocycles. The number of amides is 1. The highest BCUT2D eigenvalue weighted by atomic mass is 32.1. The summed E-state index contributed by atoms with van der Waals surface area (Å²) in [5, 5.41) is 20.6. The minimum absolute atomic E-state index is 0.00871. The van der Waals surface area contributed by atoms with E-state index in [1.54, 1.807) is 22.0 Å². The van der Waals surface area contributed by atoms with Crippen molar-refractivity contribution in [1.29, 1.82) is 0 Å². The van der Waals surface area contributed by atoms with Crippen LogP contribution in [0.3, 0.4) is 0 Å². The fourth-order valence-corrected chi connectivity index (χ4v) is 3.09. The van der Waals surface area contributed by atoms with Gasteiger partial charge in [-0.05, 0) is 41.3 Å². The fourth-order valence-electron chi connectivity index (χ4n) is 2.40. The molecule has 0 radical (unpaired) electrons. The Morgan fingerprint density at radius 2 is 2.35 bits per heavy atom. The van der Waals surface area contributed by atoms with Crippen LogP contribution in [0.4, 0.5) is 0 Å². The molecule has 0 spiro atoms. The number of thiophene rings is 1. The summed E-state index contributed by atoms with van der Waals surface area (Å²) in [6.45, 7) is 2.36. The topological polar surface area (TPSA) is 79.5 Å². The van der Waals surface area contributed by atoms with E-state index in [1.807, 2.05) is 24.6 Å². The molecule has 7 heteroatoms. The van der Waals surface area contributed by atoms with Crippen LogP contribution in [0.1, 0.15) is 21.5 Å². The molecule has 0 bridgehead atoms. The van der Waals surface area contributed by atoms with E-state index in [2.05, 4.69) is 20.8 Å². The Morgan fingerprint density at radius 1 is 1.48 bits per heavy atom. The molecule has 0 saturated heterocycles. The summed E-state index contributed by atoms with van der Waals surface area (Å²) >= 11 is 1.63. The third-order valence-electron chi connectivity index (χ3n) is 3.64. The first-order valence-corrected chi connectivity index (χ1v) is 8.31. The lowest BCUT2D eigenvalue weighted by Crippen LogP contribution is -2.31. The third kappa shape index (κ3) is 3.57. The van der Waals surface area contributed by atoms with Gasteiger partial charge in [0.1, 0.15) is 5.56 Å². The zero-order valence-electron chi connectivity index (χ0n) is 12.8. The molecule has 3 rings (SSSR count). The van der Waals surface area contributed by atoms with Crippen molar-refractivity contribution in [3.8, 4) is 0 Å². The lowest BCUT2D eigenvalue weighted by molar-refractivity contribution is 0.0941. The maximum absolute atomic E-state index is 12.3. The molecule has 3 aromatic heterocycles. The van der Waals surface area contributed by atoms with E-state index >= 15 is 0 Å². The molecule has 120 valence electrons. The van der Waals surface area contributed by atoms with Gasteiger partial charge in [0.15, 0.2) is 5.65 Å². The second-order valence-corrected chi connectivity index (χ2v) is 6.33. The number of aliphatic hydroxyl groups excluding tert-OH is 1. The second kappa shape index (κ2) is 6.89. The maximum atomic E-state index is 12.3. The molecule has 1 amide bonds. The van der Waals surface area contributed by atoms with Crippen LogP contribution in [0.25, 0.3) is 5.65 Å². The Morgan fingerprint density at radius 3 is 3.09 bits per heavy atom. The van der Waals surface area contributed by atoms with Crippen LogP contribution in [0.5, 0.6) is 0 Å². The van der Waals surface area contributed by atoms with Crippen LogP contribution >= 0.6 is 11.3 Å². The zero-order chi connectivity index (χ0) is 16.2. The highest BCUT2D eigenvalue weighted by Crippen LogP contribution is 2.13. The van der Waals surface area contributed by atoms with Gasteiger partial charge in [-0.2, -0.15) is 16.4 Å². The molecule has 0 fully saturated rings. The predicted octanol–water partition coefficient (Wildman–Crippen LogP) is 1.68. The molecule has 23 heavy (non-hydrogen) atoms. The molecule has 0 aliphatic rings. The number of aromatic nitrogens is 3. The molecule has 0 aliphatic carbocycles. The van der Waals surface area contributed by atoms with Crippen molar-refractivity contribution in [2.45, 2.75) is 13.3 Å². The van der Waals surface area contributed by atoms with Crippen molar-refractivity contribution in [3.05, 3.63) is 52.1 Å². The smallest absolute Gasteiger partial charge is 0.256 e. The van der Waals surface area contributed by atoms with Crippen molar-refractivity contribution in [2.24, 2.45) is 5.92 Å². The molecule has 2 N–H and O–H groups in total. The Bertz CT molecular complexity index is 798. The van der Waals surface area contributed by atoms with Gasteiger partial charge in [-0.25, -0.2) is 9.50 Å². The summed E-state index contributed by atoms with van der Waals surface area (Å²) in [5.74, 6) is -0.231. The SMILES string of the molecule is Cc1cnc2c(C(=O)NC[C@H](CO)Cc3ccsc3)cnn2c1. The van der Waals surface area contributed by atoms with E-state index in [9.17, 15) is 9.90 Å². The van der Waals surface area contributed by atoms with Gasteiger partial charge in [0.25, 0.3) is 5.91 Å². The quantitative estimate of drug-likeness (QED) is 0.721. The zero-order valence-corrected chi connectivity index (χ0v) is 13.6. The first-order chi connectivity index (χ1) is 11.2. The average molecular weight is 330 g/mol. The Labute approximate surface area is 137 Å². The summed E-state index contributed by atoms with van der Waals surface area (Å²) in [7, 11) is 0. The maximum Gasteiger partial charge on any atom is 0.256 e. The molecule has 3 aromatic rings. The Balaban J connectivity index is 1.65. The first-order valence-electron chi connectivity index (χ1n) is 7.37. The lowest BCUT2D eigenvalue weighted by atomic mass is 10.0. The molecule has 0 aromatic carbocycles. The molecule has 0 saturated carbocycles. The van der Waals surface area contributed by atoms with E-state index < -0.39 is 0 Å². The number of hydrogen-bond donors (Lipinski definition) is 2. The summed E-state index contributed by atoms with van der Waals surface area (Å²) in [5.41, 5.74) is 3.13. The van der Waals surface area contributed by atoms with Gasteiger partial charge >= 0.3 is 0 Å². The van der Waals surface area contributed by atoms with Crippen molar-refractivity contribution in [2.75, 3.05) is 13.2 Å². The number of hydrogen-bond acceptors (Lipinski definition) is 5. The molecular formula is C16H18N4O2S. The largest absolute Gasteiger partial charge is 0.396 e. The Hall–Kier alpha value is -2.25. The average Bonchev–Trinajstić information content (AvgIpc) is 3.19. The number of aliphatic hydroxyl groups is 1. The monoisotopic (exact) mass is 330 g/mol. The van der Waals surface area contributed by atoms with Crippen molar-refractivity contribution >= 4 is 22.9 Å². The molecule has 0 aliphatic heterocycles. The van der Waals surface area contributed by atoms with Crippen LogP contribution in [-0.2, 0) is 6.42 Å². The number of carbonyl (C=O) groups is 1. The van der Waals surface area contributed by atoms with Crippen LogP contribution in [0.2, 0.25) is 0 Å². The van der Waals surface area contributed by atoms with E-state index in [-0.39, 0.29) is 18.4 Å². The summed E-state index contributed by atoms with van der Waals surface area (Å²) in [6.07, 6.45) is 5.80. The van der Waals surface area contributed by atoms with Crippen molar-refractivity contribution < 1.29 is 9.90 Å². The van der Waals surface area contributed by atoms with Crippen LogP contribution in [-0.4, -0.2) is 38.8 Å². The molecule has 1 atom stereocenters. The van der Waals surface area contributed by atoms with Gasteiger partial charge in [-0.1, -0.05) is 0 Å². The number of rotatable bonds is 6. The van der Waals surface area contributed by atoms with Crippen LogP contribution in [0.15, 0.2) is 35.4 Å². The summed E-state index contributed by atoms with van der Waals surface area (Å²) < 4.78 is 1.60. The summed E-state index contributed by atoms with van der Waals surface area (Å²) in [4.78, 5) is 16.6. The molecule has 0 unspecified atom stereocenters. The lowest BCUT2D eigenvalue weighted by Gasteiger charge is -2.14. The predicted molar refractivity (Wildman–Crippen MR) is 88.7 cm³/mol. The minimum Gasteiger partial charge on any atom is -0.396 e. The van der Waals surface area contributed by atoms with Gasteiger partial charge in [0, 0.05) is 31.5 Å². The fraction of sp³-hybridized carbons (Fsp3) is 0.312. The van der Waals surface area contributed by atoms with Crippen molar-refractivity contribution in [1.82, 2.24) is 19.9 Å². The van der Waals surface area contributed by atoms with Gasteiger partial charge in [-0.15, -0.1) is 0 Å². The second-order valence-electron chi connectivity index (χ2n) is 5.55. The molecule has 6 nitrogen and oxygen atoms in total. The third-order valence-corrected chi connectivity index (χ3v) is 4.38. The van der Waals surface area contributed by atoms with E-state index in [1.165, 1.54) is 11.8 Å². The van der Waals surface area contributed by atoms with Gasteiger partial charge in [0.05, 0.1) is 6.20 Å². The van der Waals surface area contributed by atoms with E-state index in [0.29, 0.717) is 17.8 Å². The number of carbonyl (C=O) groups excluding carboxylic acids is 1. The molecular weight excluding hydrogens is 312 g/mol. The van der Waals surface area contributed by atoms with Gasteiger partial charge < -0.3 is 10.4 Å². The number of fused-ring (bicyclic) bond motifs is 1. The number of aryl methyl sites for hydroxylation is 1. The summed E-state index contributed by atoms with van der Waals surface area (Å²) in [6, 6.07) is 2.03. The minimum atomic E-state index is -0.222. The van der Waals surface area contributed by atoms with Crippen LogP contribution < -0.4 is 5.32 Å². The van der Waals surface area contributed by atoms with Crippen molar-refractivity contribution in [3.63, 3.8) is 0 Å².